The predicted octanol–water partition coefficient (Wildman–Crippen LogP) is 5.75. The standard InChI is InChI=1S/C43H53N5O8Si/c1-42(2,3)57(30-19-8-6-9-20-30,31-21-10-7-11-22-31)52-28-33-36-37(56-43(4,5)55-36)40(53-33)48-38-32(27-44-48)39(54-41(49)45-29-17-12-13-18-29)47-34(46-38)23-16-26-51-35-24-14-15-25-50-35/h6-11,19-22,27,29,33,35-37,40H,12-15,17-18,24-26,28H2,1-5H3,(H,45,49)/t33-,35?,36-,37-,40-/m1/s1. The number of ether oxygens (including phenoxy) is 6. The van der Waals surface area contributed by atoms with Gasteiger partial charge in [0.15, 0.2) is 24.0 Å². The molecule has 5 atom stereocenters. The van der Waals surface area contributed by atoms with Gasteiger partial charge in [-0.2, -0.15) is 10.1 Å². The number of rotatable bonds is 10. The molecule has 0 radical (unpaired) electrons. The van der Waals surface area contributed by atoms with Crippen molar-refractivity contribution >= 4 is 35.8 Å². The average molecular weight is 796 g/mol. The summed E-state index contributed by atoms with van der Waals surface area (Å²) in [5.41, 5.74) is 0.375. The van der Waals surface area contributed by atoms with Crippen molar-refractivity contribution in [3.8, 4) is 17.7 Å². The van der Waals surface area contributed by atoms with Crippen molar-refractivity contribution in [1.29, 1.82) is 0 Å². The zero-order valence-electron chi connectivity index (χ0n) is 33.4. The molecule has 1 saturated carbocycles. The van der Waals surface area contributed by atoms with Crippen LogP contribution in [0.3, 0.4) is 0 Å². The van der Waals surface area contributed by atoms with Crippen LogP contribution in [0.25, 0.3) is 11.0 Å². The monoisotopic (exact) mass is 795 g/mol. The van der Waals surface area contributed by atoms with Gasteiger partial charge in [0, 0.05) is 12.6 Å². The molecule has 2 aromatic carbocycles. The van der Waals surface area contributed by atoms with E-state index in [1.54, 1.807) is 10.9 Å². The van der Waals surface area contributed by atoms with Crippen LogP contribution in [0.1, 0.15) is 91.6 Å². The van der Waals surface area contributed by atoms with E-state index in [0.717, 1.165) is 44.9 Å². The van der Waals surface area contributed by atoms with Gasteiger partial charge in [0.2, 0.25) is 11.7 Å². The molecule has 1 N–H and O–H groups in total. The molecule has 4 fully saturated rings. The number of benzene rings is 2. The molecule has 3 saturated heterocycles. The normalized spacial score (nSPS) is 24.9. The van der Waals surface area contributed by atoms with E-state index in [-0.39, 0.29) is 42.3 Å². The number of hydrogen-bond donors (Lipinski definition) is 1. The number of hydrogen-bond acceptors (Lipinski definition) is 11. The molecule has 302 valence electrons. The van der Waals surface area contributed by atoms with E-state index in [1.165, 1.54) is 10.4 Å². The summed E-state index contributed by atoms with van der Waals surface area (Å²) in [6, 6.07) is 21.1. The third kappa shape index (κ3) is 8.38. The van der Waals surface area contributed by atoms with Gasteiger partial charge in [-0.25, -0.2) is 14.5 Å². The Kier molecular flexibility index (Phi) is 11.5. The van der Waals surface area contributed by atoms with Crippen LogP contribution in [0.5, 0.6) is 5.88 Å². The van der Waals surface area contributed by atoms with Gasteiger partial charge >= 0.3 is 6.09 Å². The fourth-order valence-corrected chi connectivity index (χ4v) is 13.2. The number of aromatic nitrogens is 4. The van der Waals surface area contributed by atoms with Gasteiger partial charge in [0.1, 0.15) is 30.3 Å². The summed E-state index contributed by atoms with van der Waals surface area (Å²) >= 11 is 0. The fourth-order valence-electron chi connectivity index (χ4n) is 8.63. The third-order valence-corrected chi connectivity index (χ3v) is 16.2. The molecular weight excluding hydrogens is 743 g/mol. The number of nitrogens with one attached hydrogen (secondary N) is 1. The lowest BCUT2D eigenvalue weighted by Crippen LogP contribution is -2.67. The maximum absolute atomic E-state index is 13.2. The highest BCUT2D eigenvalue weighted by Gasteiger charge is 2.58. The molecule has 1 aliphatic carbocycles. The van der Waals surface area contributed by atoms with Gasteiger partial charge < -0.3 is 38.2 Å². The van der Waals surface area contributed by atoms with Crippen LogP contribution in [0.15, 0.2) is 66.9 Å². The van der Waals surface area contributed by atoms with Crippen LogP contribution in [-0.4, -0.2) is 90.4 Å². The summed E-state index contributed by atoms with van der Waals surface area (Å²) in [4.78, 5) is 22.5. The van der Waals surface area contributed by atoms with Crippen LogP contribution < -0.4 is 20.4 Å². The van der Waals surface area contributed by atoms with E-state index in [0.29, 0.717) is 17.6 Å². The van der Waals surface area contributed by atoms with E-state index in [2.05, 4.69) is 91.4 Å². The molecule has 14 heteroatoms. The first-order valence-electron chi connectivity index (χ1n) is 20.2. The summed E-state index contributed by atoms with van der Waals surface area (Å²) < 4.78 is 46.3. The Bertz CT molecular complexity index is 2030. The maximum Gasteiger partial charge on any atom is 0.414 e. The average Bonchev–Trinajstić information content (AvgIpc) is 3.99. The first kappa shape index (κ1) is 39.6. The number of nitrogens with zero attached hydrogens (tertiary/aromatic N) is 4. The molecule has 5 heterocycles. The highest BCUT2D eigenvalue weighted by atomic mass is 28.4. The van der Waals surface area contributed by atoms with Crippen molar-refractivity contribution in [3.63, 3.8) is 0 Å². The molecule has 4 aliphatic rings. The Balaban J connectivity index is 1.11. The van der Waals surface area contributed by atoms with Crippen molar-refractivity contribution in [2.75, 3.05) is 19.8 Å². The van der Waals surface area contributed by atoms with Crippen LogP contribution in [-0.2, 0) is 28.1 Å². The van der Waals surface area contributed by atoms with Gasteiger partial charge in [-0.15, -0.1) is 0 Å². The Hall–Kier alpha value is -4.20. The molecule has 3 aliphatic heterocycles. The topological polar surface area (TPSA) is 137 Å². The van der Waals surface area contributed by atoms with Crippen molar-refractivity contribution in [1.82, 2.24) is 25.1 Å². The largest absolute Gasteiger partial charge is 0.414 e. The Morgan fingerprint density at radius 2 is 1.63 bits per heavy atom. The minimum Gasteiger partial charge on any atom is -0.405 e. The van der Waals surface area contributed by atoms with Gasteiger partial charge in [-0.1, -0.05) is 100 Å². The number of carbonyl (C=O) groups excluding carboxylic acids is 1. The molecule has 8 rings (SSSR count). The van der Waals surface area contributed by atoms with Crippen LogP contribution in [0.4, 0.5) is 4.79 Å². The Morgan fingerprint density at radius 1 is 0.947 bits per heavy atom. The van der Waals surface area contributed by atoms with Crippen LogP contribution in [0, 0.1) is 11.8 Å². The van der Waals surface area contributed by atoms with Crippen LogP contribution >= 0.6 is 0 Å². The molecule has 1 unspecified atom stereocenters. The van der Waals surface area contributed by atoms with Crippen LogP contribution in [0.2, 0.25) is 5.04 Å². The van der Waals surface area contributed by atoms with Crippen molar-refractivity contribution in [2.45, 2.75) is 127 Å². The van der Waals surface area contributed by atoms with Gasteiger partial charge in [0.05, 0.1) is 12.8 Å². The second-order valence-corrected chi connectivity index (χ2v) is 21.0. The smallest absolute Gasteiger partial charge is 0.405 e. The SMILES string of the molecule is CC1(C)O[C@@H]2[C@H](O1)[C@@H](CO[Si](c1ccccc1)(c1ccccc1)C(C)(C)C)O[C@H]2n1ncc2c(OC(=O)NC3CCCC3)nc(C#CCOC3CCCCO3)nc21. The van der Waals surface area contributed by atoms with Gasteiger partial charge in [-0.3, -0.25) is 0 Å². The second kappa shape index (κ2) is 16.6. The molecule has 1 amide bonds. The fraction of sp³-hybridized carbons (Fsp3) is 0.535. The first-order chi connectivity index (χ1) is 27.5. The Morgan fingerprint density at radius 3 is 2.30 bits per heavy atom. The van der Waals surface area contributed by atoms with E-state index in [4.69, 9.17) is 42.9 Å². The minimum atomic E-state index is -2.91. The Labute approximate surface area is 335 Å². The van der Waals surface area contributed by atoms with E-state index >= 15 is 0 Å². The maximum atomic E-state index is 13.2. The highest BCUT2D eigenvalue weighted by Crippen LogP contribution is 2.45. The van der Waals surface area contributed by atoms with E-state index < -0.39 is 44.7 Å². The van der Waals surface area contributed by atoms with Crippen molar-refractivity contribution in [3.05, 3.63) is 72.7 Å². The quantitative estimate of drug-likeness (QED) is 0.155. The summed E-state index contributed by atoms with van der Waals surface area (Å²) in [6.07, 6.45) is 5.27. The molecule has 57 heavy (non-hydrogen) atoms. The van der Waals surface area contributed by atoms with Gasteiger partial charge in [0.25, 0.3) is 8.32 Å². The lowest BCUT2D eigenvalue weighted by Gasteiger charge is -2.43. The third-order valence-electron chi connectivity index (χ3n) is 11.2. The molecular formula is C43H53N5O8Si. The zero-order valence-corrected chi connectivity index (χ0v) is 34.4. The lowest BCUT2D eigenvalue weighted by molar-refractivity contribution is -0.200. The lowest BCUT2D eigenvalue weighted by atomic mass is 10.1. The highest BCUT2D eigenvalue weighted by molar-refractivity contribution is 6.99. The first-order valence-corrected chi connectivity index (χ1v) is 22.1. The summed E-state index contributed by atoms with van der Waals surface area (Å²) in [5, 5.41) is 10.3. The van der Waals surface area contributed by atoms with E-state index in [9.17, 15) is 4.79 Å². The predicted molar refractivity (Wildman–Crippen MR) is 214 cm³/mol. The summed E-state index contributed by atoms with van der Waals surface area (Å²) in [6.45, 7) is 11.6. The molecule has 4 aromatic rings. The summed E-state index contributed by atoms with van der Waals surface area (Å²) in [7, 11) is -2.91. The molecule has 2 aromatic heterocycles. The molecule has 13 nitrogen and oxygen atoms in total. The van der Waals surface area contributed by atoms with Gasteiger partial charge in [-0.05, 0) is 67.3 Å². The number of carbonyl (C=O) groups is 1. The second-order valence-electron chi connectivity index (χ2n) is 16.7. The molecule has 0 bridgehead atoms. The van der Waals surface area contributed by atoms with Crippen molar-refractivity contribution < 1.29 is 37.6 Å². The van der Waals surface area contributed by atoms with Crippen molar-refractivity contribution in [2.24, 2.45) is 0 Å². The number of amides is 1. The number of fused-ring (bicyclic) bond motifs is 2. The molecule has 0 spiro atoms. The minimum absolute atomic E-state index is 0.0487. The zero-order chi connectivity index (χ0) is 39.6. The van der Waals surface area contributed by atoms with E-state index in [1.807, 2.05) is 26.0 Å². The summed E-state index contributed by atoms with van der Waals surface area (Å²) in [5.74, 6) is 5.31.